The van der Waals surface area contributed by atoms with Crippen molar-refractivity contribution in [2.45, 2.75) is 13.3 Å². The van der Waals surface area contributed by atoms with Gasteiger partial charge in [0.25, 0.3) is 0 Å². The topological polar surface area (TPSA) is 61.1 Å². The van der Waals surface area contributed by atoms with Crippen LogP contribution < -0.4 is 0 Å². The Morgan fingerprint density at radius 2 is 2.29 bits per heavy atom. The molecule has 0 radical (unpaired) electrons. The van der Waals surface area contributed by atoms with Gasteiger partial charge in [-0.05, 0) is 24.1 Å². The van der Waals surface area contributed by atoms with E-state index in [2.05, 4.69) is 0 Å². The van der Waals surface area contributed by atoms with Crippen LogP contribution in [0.3, 0.4) is 0 Å². The van der Waals surface area contributed by atoms with E-state index in [9.17, 15) is 4.79 Å². The molecule has 0 aromatic heterocycles. The van der Waals surface area contributed by atoms with Crippen LogP contribution in [0.15, 0.2) is 12.1 Å². The second-order valence-electron chi connectivity index (χ2n) is 2.72. The number of carbonyl (C=O) groups is 1. The quantitative estimate of drug-likeness (QED) is 0.814. The van der Waals surface area contributed by atoms with Crippen molar-refractivity contribution >= 4 is 17.6 Å². The molecule has 4 heteroatoms. The first-order valence-corrected chi connectivity index (χ1v) is 4.44. The van der Waals surface area contributed by atoms with E-state index in [1.54, 1.807) is 13.0 Å². The van der Waals surface area contributed by atoms with Crippen LogP contribution in [0.1, 0.15) is 28.4 Å². The van der Waals surface area contributed by atoms with Crippen LogP contribution in [0, 0.1) is 11.3 Å². The van der Waals surface area contributed by atoms with Crippen molar-refractivity contribution < 1.29 is 9.90 Å². The third-order valence-corrected chi connectivity index (χ3v) is 2.30. The maximum atomic E-state index is 10.9. The minimum absolute atomic E-state index is 0.0162. The molecule has 1 aromatic carbocycles. The molecule has 0 unspecified atom stereocenters. The van der Waals surface area contributed by atoms with Crippen molar-refractivity contribution in [3.63, 3.8) is 0 Å². The van der Waals surface area contributed by atoms with Gasteiger partial charge in [0, 0.05) is 5.02 Å². The number of hydrogen-bond acceptors (Lipinski definition) is 2. The van der Waals surface area contributed by atoms with Crippen LogP contribution in [0.25, 0.3) is 0 Å². The average molecular weight is 210 g/mol. The largest absolute Gasteiger partial charge is 0.478 e. The summed E-state index contributed by atoms with van der Waals surface area (Å²) in [5.41, 5.74) is 0.680. The number of aromatic carboxylic acids is 1. The molecule has 3 nitrogen and oxygen atoms in total. The molecule has 0 fully saturated rings. The molecule has 0 aliphatic carbocycles. The minimum Gasteiger partial charge on any atom is -0.478 e. The third-order valence-electron chi connectivity index (χ3n) is 1.94. The number of carboxylic acid groups (broad SMARTS) is 1. The molecular weight excluding hydrogens is 202 g/mol. The lowest BCUT2D eigenvalue weighted by Crippen LogP contribution is -2.05. The Morgan fingerprint density at radius 1 is 1.64 bits per heavy atom. The Kier molecular flexibility index (Phi) is 3.10. The Morgan fingerprint density at radius 3 is 2.71 bits per heavy atom. The molecule has 0 heterocycles. The average Bonchev–Trinajstić information content (AvgIpc) is 2.17. The van der Waals surface area contributed by atoms with Crippen LogP contribution in [0.2, 0.25) is 5.02 Å². The van der Waals surface area contributed by atoms with E-state index in [4.69, 9.17) is 22.0 Å². The lowest BCUT2D eigenvalue weighted by atomic mass is 10.00. The molecule has 0 aliphatic rings. The van der Waals surface area contributed by atoms with Gasteiger partial charge in [0.2, 0.25) is 0 Å². The standard InChI is InChI=1S/C10H8ClNO2/c1-2-7-8(11)4-3-6(5-12)9(7)10(13)14/h3-4H,2H2,1H3,(H,13,14). The van der Waals surface area contributed by atoms with E-state index in [1.165, 1.54) is 6.07 Å². The van der Waals surface area contributed by atoms with Crippen molar-refractivity contribution in [2.24, 2.45) is 0 Å². The van der Waals surface area contributed by atoms with Gasteiger partial charge in [-0.3, -0.25) is 0 Å². The number of nitriles is 1. The van der Waals surface area contributed by atoms with E-state index in [0.29, 0.717) is 17.0 Å². The molecule has 72 valence electrons. The summed E-state index contributed by atoms with van der Waals surface area (Å²) in [5.74, 6) is -1.11. The molecule has 0 amide bonds. The van der Waals surface area contributed by atoms with Gasteiger partial charge in [0.15, 0.2) is 0 Å². The first kappa shape index (κ1) is 10.6. The summed E-state index contributed by atoms with van der Waals surface area (Å²) in [6.07, 6.45) is 0.496. The second kappa shape index (κ2) is 4.12. The Bertz CT molecular complexity index is 421. The fourth-order valence-corrected chi connectivity index (χ4v) is 1.60. The SMILES string of the molecule is CCc1c(Cl)ccc(C#N)c1C(=O)O. The molecule has 0 atom stereocenters. The van der Waals surface area contributed by atoms with Gasteiger partial charge in [-0.25, -0.2) is 4.79 Å². The molecule has 0 aliphatic heterocycles. The second-order valence-corrected chi connectivity index (χ2v) is 3.13. The van der Waals surface area contributed by atoms with Gasteiger partial charge >= 0.3 is 5.97 Å². The number of rotatable bonds is 2. The monoisotopic (exact) mass is 209 g/mol. The summed E-state index contributed by atoms with van der Waals surface area (Å²) in [6.45, 7) is 1.80. The highest BCUT2D eigenvalue weighted by molar-refractivity contribution is 6.31. The van der Waals surface area contributed by atoms with E-state index < -0.39 is 5.97 Å². The van der Waals surface area contributed by atoms with E-state index in [1.807, 2.05) is 6.07 Å². The van der Waals surface area contributed by atoms with Gasteiger partial charge in [-0.1, -0.05) is 18.5 Å². The predicted molar refractivity (Wildman–Crippen MR) is 52.5 cm³/mol. The fourth-order valence-electron chi connectivity index (χ4n) is 1.31. The van der Waals surface area contributed by atoms with E-state index >= 15 is 0 Å². The summed E-state index contributed by atoms with van der Waals surface area (Å²) < 4.78 is 0. The van der Waals surface area contributed by atoms with Crippen LogP contribution >= 0.6 is 11.6 Å². The van der Waals surface area contributed by atoms with E-state index in [0.717, 1.165) is 0 Å². The fraction of sp³-hybridized carbons (Fsp3) is 0.200. The van der Waals surface area contributed by atoms with Crippen molar-refractivity contribution in [3.05, 3.63) is 33.8 Å². The molecule has 0 saturated heterocycles. The molecular formula is C10H8ClNO2. The Labute approximate surface area is 86.5 Å². The highest BCUT2D eigenvalue weighted by Crippen LogP contribution is 2.23. The van der Waals surface area contributed by atoms with Crippen LogP contribution in [-0.2, 0) is 6.42 Å². The molecule has 0 spiro atoms. The van der Waals surface area contributed by atoms with Crippen molar-refractivity contribution in [1.82, 2.24) is 0 Å². The number of halogens is 1. The first-order chi connectivity index (χ1) is 6.61. The normalized spacial score (nSPS) is 9.50. The molecule has 1 aromatic rings. The Hall–Kier alpha value is -1.53. The smallest absolute Gasteiger partial charge is 0.337 e. The number of hydrogen-bond donors (Lipinski definition) is 1. The van der Waals surface area contributed by atoms with Crippen LogP contribution in [0.5, 0.6) is 0 Å². The number of carboxylic acids is 1. The molecule has 1 N–H and O–H groups in total. The highest BCUT2D eigenvalue weighted by atomic mass is 35.5. The van der Waals surface area contributed by atoms with Crippen molar-refractivity contribution in [2.75, 3.05) is 0 Å². The van der Waals surface area contributed by atoms with E-state index in [-0.39, 0.29) is 11.1 Å². The minimum atomic E-state index is -1.11. The molecule has 0 saturated carbocycles. The summed E-state index contributed by atoms with van der Waals surface area (Å²) in [7, 11) is 0. The maximum absolute atomic E-state index is 10.9. The zero-order valence-corrected chi connectivity index (χ0v) is 8.30. The molecule has 1 rings (SSSR count). The lowest BCUT2D eigenvalue weighted by molar-refractivity contribution is 0.0695. The van der Waals surface area contributed by atoms with Gasteiger partial charge in [0.1, 0.15) is 6.07 Å². The predicted octanol–water partition coefficient (Wildman–Crippen LogP) is 2.47. The highest BCUT2D eigenvalue weighted by Gasteiger charge is 2.16. The molecule has 14 heavy (non-hydrogen) atoms. The summed E-state index contributed by atoms with van der Waals surface area (Å²) in [5, 5.41) is 18.0. The zero-order chi connectivity index (χ0) is 10.7. The molecule has 0 bridgehead atoms. The van der Waals surface area contributed by atoms with Crippen LogP contribution in [-0.4, -0.2) is 11.1 Å². The lowest BCUT2D eigenvalue weighted by Gasteiger charge is -2.07. The third kappa shape index (κ3) is 1.70. The first-order valence-electron chi connectivity index (χ1n) is 4.06. The summed E-state index contributed by atoms with van der Waals surface area (Å²) >= 11 is 5.83. The Balaban J connectivity index is 3.54. The number of nitrogens with zero attached hydrogens (tertiary/aromatic N) is 1. The van der Waals surface area contributed by atoms with Crippen LogP contribution in [0.4, 0.5) is 0 Å². The van der Waals surface area contributed by atoms with Gasteiger partial charge in [-0.15, -0.1) is 0 Å². The van der Waals surface area contributed by atoms with Crippen molar-refractivity contribution in [1.29, 1.82) is 5.26 Å². The maximum Gasteiger partial charge on any atom is 0.337 e. The summed E-state index contributed by atoms with van der Waals surface area (Å²) in [4.78, 5) is 10.9. The van der Waals surface area contributed by atoms with Gasteiger partial charge in [0.05, 0.1) is 11.1 Å². The summed E-state index contributed by atoms with van der Waals surface area (Å²) in [6, 6.07) is 4.81. The number of benzene rings is 1. The van der Waals surface area contributed by atoms with Crippen molar-refractivity contribution in [3.8, 4) is 6.07 Å². The van der Waals surface area contributed by atoms with Gasteiger partial charge < -0.3 is 5.11 Å². The van der Waals surface area contributed by atoms with Gasteiger partial charge in [-0.2, -0.15) is 5.26 Å². The zero-order valence-electron chi connectivity index (χ0n) is 7.54.